The lowest BCUT2D eigenvalue weighted by atomic mass is 9.74. The maximum absolute atomic E-state index is 2.41. The second-order valence-corrected chi connectivity index (χ2v) is 5.45. The van der Waals surface area contributed by atoms with Crippen molar-refractivity contribution in [3.05, 3.63) is 0 Å². The molecule has 2 unspecified atom stereocenters. The summed E-state index contributed by atoms with van der Waals surface area (Å²) in [5.74, 6) is 3.79. The van der Waals surface area contributed by atoms with Gasteiger partial charge >= 0.3 is 0 Å². The van der Waals surface area contributed by atoms with Gasteiger partial charge in [-0.3, -0.25) is 0 Å². The van der Waals surface area contributed by atoms with Crippen LogP contribution in [0.1, 0.15) is 59.8 Å². The second kappa shape index (κ2) is 5.02. The van der Waals surface area contributed by atoms with Gasteiger partial charge in [-0.25, -0.2) is 0 Å². The van der Waals surface area contributed by atoms with Gasteiger partial charge in [-0.1, -0.05) is 47.0 Å². The van der Waals surface area contributed by atoms with Crippen LogP contribution >= 0.6 is 0 Å². The minimum Gasteiger partial charge on any atom is -0.0625 e. The van der Waals surface area contributed by atoms with E-state index in [4.69, 9.17) is 0 Å². The molecule has 1 fully saturated rings. The van der Waals surface area contributed by atoms with Crippen LogP contribution in [0.4, 0.5) is 0 Å². The summed E-state index contributed by atoms with van der Waals surface area (Å²) in [5, 5.41) is 0. The molecule has 1 saturated carbocycles. The van der Waals surface area contributed by atoms with Crippen LogP contribution in [0.25, 0.3) is 0 Å². The Labute approximate surface area is 84.1 Å². The first-order valence-corrected chi connectivity index (χ1v) is 6.13. The van der Waals surface area contributed by atoms with Crippen molar-refractivity contribution in [1.82, 2.24) is 0 Å². The van der Waals surface area contributed by atoms with E-state index in [0.717, 1.165) is 23.7 Å². The molecule has 0 heterocycles. The molecule has 0 amide bonds. The van der Waals surface area contributed by atoms with Crippen LogP contribution in [0.5, 0.6) is 0 Å². The first kappa shape index (κ1) is 11.1. The van der Waals surface area contributed by atoms with Crippen molar-refractivity contribution in [1.29, 1.82) is 0 Å². The van der Waals surface area contributed by atoms with E-state index in [0.29, 0.717) is 0 Å². The van der Waals surface area contributed by atoms with Gasteiger partial charge in [0.15, 0.2) is 0 Å². The number of hydrogen-bond acceptors (Lipinski definition) is 0. The third-order valence-corrected chi connectivity index (χ3v) is 3.84. The number of hydrogen-bond donors (Lipinski definition) is 0. The summed E-state index contributed by atoms with van der Waals surface area (Å²) < 4.78 is 0. The molecule has 0 saturated heterocycles. The largest absolute Gasteiger partial charge is 0.0625 e. The van der Waals surface area contributed by atoms with Crippen molar-refractivity contribution < 1.29 is 0 Å². The summed E-state index contributed by atoms with van der Waals surface area (Å²) in [6, 6.07) is 0. The first-order chi connectivity index (χ1) is 6.13. The molecular weight excluding hydrogens is 156 g/mol. The van der Waals surface area contributed by atoms with Crippen LogP contribution in [0.3, 0.4) is 0 Å². The monoisotopic (exact) mass is 182 g/mol. The number of rotatable bonds is 2. The van der Waals surface area contributed by atoms with E-state index in [1.807, 2.05) is 0 Å². The molecule has 0 aromatic heterocycles. The highest BCUT2D eigenvalue weighted by Gasteiger charge is 2.27. The van der Waals surface area contributed by atoms with Crippen LogP contribution in [0, 0.1) is 23.7 Å². The van der Waals surface area contributed by atoms with Crippen LogP contribution < -0.4 is 0 Å². The average Bonchev–Trinajstić information content (AvgIpc) is 2.27. The lowest BCUT2D eigenvalue weighted by Crippen LogP contribution is -2.23. The molecule has 1 aliphatic carbocycles. The summed E-state index contributed by atoms with van der Waals surface area (Å²) >= 11 is 0. The molecule has 78 valence electrons. The summed E-state index contributed by atoms with van der Waals surface area (Å²) in [7, 11) is 0. The average molecular weight is 182 g/mol. The lowest BCUT2D eigenvalue weighted by Gasteiger charge is -2.31. The van der Waals surface area contributed by atoms with Crippen LogP contribution in [-0.4, -0.2) is 0 Å². The molecule has 13 heavy (non-hydrogen) atoms. The fourth-order valence-electron chi connectivity index (χ4n) is 3.02. The van der Waals surface area contributed by atoms with Gasteiger partial charge in [0.25, 0.3) is 0 Å². The highest BCUT2D eigenvalue weighted by molar-refractivity contribution is 4.78. The van der Waals surface area contributed by atoms with Crippen molar-refractivity contribution in [2.45, 2.75) is 59.8 Å². The van der Waals surface area contributed by atoms with Crippen molar-refractivity contribution in [3.8, 4) is 0 Å². The lowest BCUT2D eigenvalue weighted by molar-refractivity contribution is 0.184. The van der Waals surface area contributed by atoms with E-state index >= 15 is 0 Å². The summed E-state index contributed by atoms with van der Waals surface area (Å²) in [4.78, 5) is 0. The van der Waals surface area contributed by atoms with Crippen molar-refractivity contribution in [2.75, 3.05) is 0 Å². The molecule has 0 radical (unpaired) electrons. The molecule has 0 heteroatoms. The zero-order valence-electron chi connectivity index (χ0n) is 9.84. The van der Waals surface area contributed by atoms with Gasteiger partial charge in [-0.2, -0.15) is 0 Å². The third kappa shape index (κ3) is 3.00. The Balaban J connectivity index is 2.61. The Bertz CT molecular complexity index is 119. The standard InChI is InChI=1S/C13H26/c1-10(2)12-8-6-5-7-9-13(12)11(3)4/h10-13H,5-9H2,1-4H3. The zero-order valence-corrected chi connectivity index (χ0v) is 9.84. The molecule has 0 aliphatic heterocycles. The Kier molecular flexibility index (Phi) is 4.28. The van der Waals surface area contributed by atoms with E-state index < -0.39 is 0 Å². The van der Waals surface area contributed by atoms with Gasteiger partial charge < -0.3 is 0 Å². The maximum atomic E-state index is 2.41. The van der Waals surface area contributed by atoms with E-state index in [-0.39, 0.29) is 0 Å². The molecule has 1 rings (SSSR count). The molecular formula is C13H26. The minimum atomic E-state index is 0.894. The van der Waals surface area contributed by atoms with Gasteiger partial charge in [0.05, 0.1) is 0 Å². The fraction of sp³-hybridized carbons (Fsp3) is 1.00. The second-order valence-electron chi connectivity index (χ2n) is 5.45. The maximum Gasteiger partial charge on any atom is -0.0360 e. The summed E-state index contributed by atoms with van der Waals surface area (Å²) in [6.07, 6.45) is 7.41. The molecule has 0 nitrogen and oxygen atoms in total. The van der Waals surface area contributed by atoms with Gasteiger partial charge in [0.2, 0.25) is 0 Å². The third-order valence-electron chi connectivity index (χ3n) is 3.84. The zero-order chi connectivity index (χ0) is 9.84. The highest BCUT2D eigenvalue weighted by atomic mass is 14.3. The predicted octanol–water partition coefficient (Wildman–Crippen LogP) is 4.49. The highest BCUT2D eigenvalue weighted by Crippen LogP contribution is 2.37. The van der Waals surface area contributed by atoms with E-state index in [2.05, 4.69) is 27.7 Å². The van der Waals surface area contributed by atoms with Gasteiger partial charge in [0, 0.05) is 0 Å². The molecule has 0 aromatic rings. The van der Waals surface area contributed by atoms with Gasteiger partial charge in [-0.05, 0) is 36.5 Å². The van der Waals surface area contributed by atoms with E-state index in [1.54, 1.807) is 0 Å². The molecule has 0 aromatic carbocycles. The van der Waals surface area contributed by atoms with Crippen molar-refractivity contribution in [2.24, 2.45) is 23.7 Å². The SMILES string of the molecule is CC(C)C1CCCCCC1C(C)C. The van der Waals surface area contributed by atoms with Crippen molar-refractivity contribution in [3.63, 3.8) is 0 Å². The van der Waals surface area contributed by atoms with E-state index in [9.17, 15) is 0 Å². The molecule has 1 aliphatic rings. The fourth-order valence-corrected chi connectivity index (χ4v) is 3.02. The van der Waals surface area contributed by atoms with Crippen molar-refractivity contribution >= 4 is 0 Å². The Hall–Kier alpha value is 0. The Morgan fingerprint density at radius 2 is 1.08 bits per heavy atom. The molecule has 0 spiro atoms. The van der Waals surface area contributed by atoms with Gasteiger partial charge in [0.1, 0.15) is 0 Å². The quantitative estimate of drug-likeness (QED) is 0.552. The Morgan fingerprint density at radius 1 is 0.692 bits per heavy atom. The normalized spacial score (nSPS) is 30.9. The van der Waals surface area contributed by atoms with Gasteiger partial charge in [-0.15, -0.1) is 0 Å². The smallest absolute Gasteiger partial charge is 0.0360 e. The summed E-state index contributed by atoms with van der Waals surface area (Å²) in [6.45, 7) is 9.63. The minimum absolute atomic E-state index is 0.894. The Morgan fingerprint density at radius 3 is 1.38 bits per heavy atom. The summed E-state index contributed by atoms with van der Waals surface area (Å²) in [5.41, 5.74) is 0. The van der Waals surface area contributed by atoms with Crippen LogP contribution in [0.15, 0.2) is 0 Å². The predicted molar refractivity (Wildman–Crippen MR) is 59.7 cm³/mol. The van der Waals surface area contributed by atoms with Crippen LogP contribution in [0.2, 0.25) is 0 Å². The molecule has 0 bridgehead atoms. The first-order valence-electron chi connectivity index (χ1n) is 6.13. The molecule has 0 N–H and O–H groups in total. The molecule has 2 atom stereocenters. The van der Waals surface area contributed by atoms with E-state index in [1.165, 1.54) is 32.1 Å². The van der Waals surface area contributed by atoms with Crippen LogP contribution in [-0.2, 0) is 0 Å². The topological polar surface area (TPSA) is 0 Å².